The molecule has 1 N–H and O–H groups in total. The fourth-order valence-corrected chi connectivity index (χ4v) is 6.56. The number of imidazole rings is 1. The first kappa shape index (κ1) is 26.0. The third-order valence-electron chi connectivity index (χ3n) is 7.04. The van der Waals surface area contributed by atoms with Gasteiger partial charge in [-0.2, -0.15) is 0 Å². The van der Waals surface area contributed by atoms with Gasteiger partial charge in [-0.3, -0.25) is 0 Å². The zero-order valence-electron chi connectivity index (χ0n) is 22.6. The van der Waals surface area contributed by atoms with Gasteiger partial charge >= 0.3 is 5.97 Å². The van der Waals surface area contributed by atoms with E-state index in [4.69, 9.17) is 26.3 Å². The lowest BCUT2D eigenvalue weighted by atomic mass is 9.91. The maximum absolute atomic E-state index is 12.6. The molecule has 0 spiro atoms. The number of hydrogen-bond donors (Lipinski definition) is 1. The van der Waals surface area contributed by atoms with Crippen LogP contribution in [-0.4, -0.2) is 31.2 Å². The van der Waals surface area contributed by atoms with Gasteiger partial charge in [0.25, 0.3) is 0 Å². The molecule has 0 unspecified atom stereocenters. The number of carbonyl (C=O) groups is 1. The highest BCUT2D eigenvalue weighted by Crippen LogP contribution is 2.45. The highest BCUT2D eigenvalue weighted by Gasteiger charge is 2.32. The maximum atomic E-state index is 12.6. The molecule has 6 rings (SSSR count). The lowest BCUT2D eigenvalue weighted by Gasteiger charge is -2.28. The second kappa shape index (κ2) is 9.44. The van der Waals surface area contributed by atoms with E-state index in [0.717, 1.165) is 54.3 Å². The van der Waals surface area contributed by atoms with Crippen molar-refractivity contribution < 1.29 is 14.6 Å². The maximum Gasteiger partial charge on any atom is 0.337 e. The summed E-state index contributed by atoms with van der Waals surface area (Å²) in [5.74, 6) is 0.0113. The Hall–Kier alpha value is -3.26. The summed E-state index contributed by atoms with van der Waals surface area (Å²) < 4.78 is 9.38. The van der Waals surface area contributed by atoms with E-state index in [-0.39, 0.29) is 0 Å². The largest absolute Gasteiger partial charge is 0.479 e. The number of carboxylic acid groups (broad SMARTS) is 1. The third kappa shape index (κ3) is 4.84. The van der Waals surface area contributed by atoms with Crippen molar-refractivity contribution >= 4 is 50.2 Å². The number of rotatable bonds is 6. The van der Waals surface area contributed by atoms with Crippen LogP contribution in [-0.2, 0) is 9.53 Å². The highest BCUT2D eigenvalue weighted by molar-refractivity contribution is 7.22. The molecule has 39 heavy (non-hydrogen) atoms. The number of aliphatic carboxylic acids is 1. The van der Waals surface area contributed by atoms with Crippen LogP contribution < -0.4 is 0 Å². The number of fused-ring (bicyclic) bond motifs is 2. The van der Waals surface area contributed by atoms with Crippen LogP contribution in [0.25, 0.3) is 42.9 Å². The van der Waals surface area contributed by atoms with Crippen LogP contribution in [0.5, 0.6) is 0 Å². The Bertz CT molecular complexity index is 1740. The van der Waals surface area contributed by atoms with E-state index in [1.165, 1.54) is 12.8 Å². The van der Waals surface area contributed by atoms with Crippen LogP contribution in [0.2, 0.25) is 5.02 Å². The minimum absolute atomic E-state index is 0.559. The number of aromatic nitrogens is 3. The van der Waals surface area contributed by atoms with Crippen LogP contribution in [0.4, 0.5) is 0 Å². The van der Waals surface area contributed by atoms with Gasteiger partial charge < -0.3 is 14.4 Å². The molecule has 3 aromatic carbocycles. The van der Waals surface area contributed by atoms with E-state index < -0.39 is 17.7 Å². The van der Waals surface area contributed by atoms with Crippen molar-refractivity contribution in [1.82, 2.24) is 14.5 Å². The molecule has 0 amide bonds. The summed E-state index contributed by atoms with van der Waals surface area (Å²) >= 11 is 7.78. The van der Waals surface area contributed by atoms with Crippen molar-refractivity contribution in [2.45, 2.75) is 65.2 Å². The molecular formula is C31H30ClN3O3S. The number of nitrogens with zero attached hydrogens (tertiary/aromatic N) is 3. The molecule has 1 saturated carbocycles. The molecule has 5 aromatic rings. The SMILES string of the molecule is Cc1cc2nc(-c3ccc4c(c3)nc(C)n4C3CC3)sc2c(-c2ccc(Cl)cc2)c1[C@H](OC(C)(C)C)C(=O)O. The number of benzene rings is 3. The summed E-state index contributed by atoms with van der Waals surface area (Å²) in [6.45, 7) is 9.59. The topological polar surface area (TPSA) is 77.2 Å². The zero-order chi connectivity index (χ0) is 27.6. The van der Waals surface area contributed by atoms with Crippen LogP contribution in [0.1, 0.15) is 62.7 Å². The van der Waals surface area contributed by atoms with Gasteiger partial charge in [-0.25, -0.2) is 14.8 Å². The molecule has 0 bridgehead atoms. The number of aryl methyl sites for hydroxylation is 2. The van der Waals surface area contributed by atoms with E-state index in [0.29, 0.717) is 16.6 Å². The highest BCUT2D eigenvalue weighted by atomic mass is 35.5. The van der Waals surface area contributed by atoms with Gasteiger partial charge in [0.1, 0.15) is 10.8 Å². The van der Waals surface area contributed by atoms with Gasteiger partial charge in [-0.1, -0.05) is 23.7 Å². The smallest absolute Gasteiger partial charge is 0.337 e. The molecule has 6 nitrogen and oxygen atoms in total. The first-order chi connectivity index (χ1) is 18.5. The third-order valence-corrected chi connectivity index (χ3v) is 8.43. The van der Waals surface area contributed by atoms with E-state index in [1.54, 1.807) is 11.3 Å². The Labute approximate surface area is 236 Å². The minimum Gasteiger partial charge on any atom is -0.479 e. The normalized spacial score (nSPS) is 14.8. The van der Waals surface area contributed by atoms with E-state index in [2.05, 4.69) is 29.7 Å². The van der Waals surface area contributed by atoms with Gasteiger partial charge in [-0.15, -0.1) is 11.3 Å². The second-order valence-corrected chi connectivity index (χ2v) is 12.7. The van der Waals surface area contributed by atoms with Crippen molar-refractivity contribution in [2.75, 3.05) is 0 Å². The van der Waals surface area contributed by atoms with Crippen LogP contribution in [0, 0.1) is 13.8 Å². The Morgan fingerprint density at radius 2 is 1.74 bits per heavy atom. The van der Waals surface area contributed by atoms with Crippen molar-refractivity contribution in [3.05, 3.63) is 70.5 Å². The summed E-state index contributed by atoms with van der Waals surface area (Å²) in [4.78, 5) is 22.4. The van der Waals surface area contributed by atoms with Crippen molar-refractivity contribution in [3.63, 3.8) is 0 Å². The van der Waals surface area contributed by atoms with Gasteiger partial charge in [0.05, 0.1) is 26.9 Å². The van der Waals surface area contributed by atoms with Gasteiger partial charge in [-0.05, 0) is 95.0 Å². The average Bonchev–Trinajstić information content (AvgIpc) is 3.51. The number of thiazole rings is 1. The fraction of sp³-hybridized carbons (Fsp3) is 0.323. The molecule has 1 atom stereocenters. The molecule has 2 aromatic heterocycles. The Morgan fingerprint density at radius 1 is 1.05 bits per heavy atom. The van der Waals surface area contributed by atoms with Crippen molar-refractivity contribution in [2.24, 2.45) is 0 Å². The number of halogens is 1. The van der Waals surface area contributed by atoms with Crippen LogP contribution in [0.3, 0.4) is 0 Å². The average molecular weight is 560 g/mol. The summed E-state index contributed by atoms with van der Waals surface area (Å²) in [5, 5.41) is 11.8. The van der Waals surface area contributed by atoms with Crippen molar-refractivity contribution in [1.29, 1.82) is 0 Å². The van der Waals surface area contributed by atoms with Crippen molar-refractivity contribution in [3.8, 4) is 21.7 Å². The molecule has 0 saturated heterocycles. The van der Waals surface area contributed by atoms with Gasteiger partial charge in [0.2, 0.25) is 0 Å². The van der Waals surface area contributed by atoms with E-state index in [9.17, 15) is 9.90 Å². The first-order valence-electron chi connectivity index (χ1n) is 13.1. The number of carboxylic acids is 1. The molecule has 0 radical (unpaired) electrons. The quantitative estimate of drug-likeness (QED) is 0.225. The molecule has 1 aliphatic rings. The van der Waals surface area contributed by atoms with Crippen LogP contribution >= 0.6 is 22.9 Å². The molecule has 2 heterocycles. The Balaban J connectivity index is 1.56. The van der Waals surface area contributed by atoms with E-state index >= 15 is 0 Å². The van der Waals surface area contributed by atoms with Gasteiger partial charge in [0.15, 0.2) is 6.10 Å². The summed E-state index contributed by atoms with van der Waals surface area (Å²) in [5.41, 5.74) is 6.42. The Morgan fingerprint density at radius 3 is 2.38 bits per heavy atom. The lowest BCUT2D eigenvalue weighted by molar-refractivity contribution is -0.160. The molecular weight excluding hydrogens is 530 g/mol. The molecule has 1 fully saturated rings. The first-order valence-corrected chi connectivity index (χ1v) is 14.3. The number of hydrogen-bond acceptors (Lipinski definition) is 5. The lowest BCUT2D eigenvalue weighted by Crippen LogP contribution is -2.28. The van der Waals surface area contributed by atoms with Gasteiger partial charge in [0, 0.05) is 27.8 Å². The monoisotopic (exact) mass is 559 g/mol. The molecule has 8 heteroatoms. The zero-order valence-corrected chi connectivity index (χ0v) is 24.2. The summed E-state index contributed by atoms with van der Waals surface area (Å²) in [6, 6.07) is 16.4. The predicted octanol–water partition coefficient (Wildman–Crippen LogP) is 8.53. The summed E-state index contributed by atoms with van der Waals surface area (Å²) in [7, 11) is 0. The standard InChI is InChI=1S/C31H30ClN3O3S/c1-16-14-23-28(26(18-6-9-20(32)10-7-18)25(16)27(30(36)37)38-31(3,4)5)39-29(34-23)19-8-13-24-22(15-19)33-17(2)35(24)21-11-12-21/h6-10,13-15,21,27H,11-12H2,1-5H3,(H,36,37)/t27-/m0/s1. The van der Waals surface area contributed by atoms with Crippen LogP contribution in [0.15, 0.2) is 48.5 Å². The molecule has 200 valence electrons. The minimum atomic E-state index is -1.14. The Kier molecular flexibility index (Phi) is 6.29. The second-order valence-electron chi connectivity index (χ2n) is 11.3. The molecule has 0 aliphatic heterocycles. The van der Waals surface area contributed by atoms with E-state index in [1.807, 2.05) is 58.0 Å². The molecule has 1 aliphatic carbocycles. The predicted molar refractivity (Wildman–Crippen MR) is 158 cm³/mol. The number of ether oxygens (including phenoxy) is 1. The fourth-order valence-electron chi connectivity index (χ4n) is 5.31. The summed E-state index contributed by atoms with van der Waals surface area (Å²) in [6.07, 6.45) is 1.27.